The van der Waals surface area contributed by atoms with E-state index in [4.69, 9.17) is 10.5 Å². The molecule has 2 rings (SSSR count). The largest absolute Gasteiger partial charge is 0.456 e. The zero-order valence-corrected chi connectivity index (χ0v) is 12.6. The molecule has 0 bridgehead atoms. The fourth-order valence-electron chi connectivity index (χ4n) is 1.79. The van der Waals surface area contributed by atoms with Gasteiger partial charge in [-0.15, -0.1) is 0 Å². The fourth-order valence-corrected chi connectivity index (χ4v) is 2.13. The summed E-state index contributed by atoms with van der Waals surface area (Å²) in [4.78, 5) is 11.4. The molecule has 0 saturated carbocycles. The van der Waals surface area contributed by atoms with Gasteiger partial charge < -0.3 is 15.8 Å². The lowest BCUT2D eigenvalue weighted by molar-refractivity contribution is 0.0998. The number of amides is 1. The van der Waals surface area contributed by atoms with Crippen molar-refractivity contribution in [1.82, 2.24) is 5.32 Å². The number of carbonyl (C=O) groups excluding carboxylic acids is 1. The highest BCUT2D eigenvalue weighted by atomic mass is 79.9. The van der Waals surface area contributed by atoms with Crippen molar-refractivity contribution in [2.45, 2.75) is 6.54 Å². The molecule has 104 valence electrons. The Bertz CT molecular complexity index is 612. The molecule has 0 atom stereocenters. The summed E-state index contributed by atoms with van der Waals surface area (Å²) < 4.78 is 6.56. The molecular formula is C15H15BrN2O2. The van der Waals surface area contributed by atoms with Crippen LogP contribution in [0.1, 0.15) is 15.9 Å². The maximum Gasteiger partial charge on any atom is 0.252 e. The van der Waals surface area contributed by atoms with Gasteiger partial charge in [-0.2, -0.15) is 0 Å². The molecule has 0 aromatic heterocycles. The molecule has 0 fully saturated rings. The Morgan fingerprint density at radius 1 is 1.25 bits per heavy atom. The molecule has 0 aliphatic heterocycles. The second-order valence-corrected chi connectivity index (χ2v) is 5.20. The van der Waals surface area contributed by atoms with Crippen LogP contribution in [0.2, 0.25) is 0 Å². The number of halogens is 1. The molecule has 0 heterocycles. The fraction of sp³-hybridized carbons (Fsp3) is 0.133. The standard InChI is InChI=1S/C15H15BrN2O2/c1-18-9-10-2-5-12(6-3-10)20-14-8-11(16)4-7-13(14)15(17)19/h2-8,18H,9H2,1H3,(H2,17,19). The summed E-state index contributed by atoms with van der Waals surface area (Å²) in [5, 5.41) is 3.08. The monoisotopic (exact) mass is 334 g/mol. The van der Waals surface area contributed by atoms with Crippen molar-refractivity contribution in [3.8, 4) is 11.5 Å². The lowest BCUT2D eigenvalue weighted by Gasteiger charge is -2.10. The van der Waals surface area contributed by atoms with Crippen LogP contribution in [0.25, 0.3) is 0 Å². The quantitative estimate of drug-likeness (QED) is 0.883. The highest BCUT2D eigenvalue weighted by Gasteiger charge is 2.10. The Kier molecular flexibility index (Phi) is 4.76. The summed E-state index contributed by atoms with van der Waals surface area (Å²) in [5.41, 5.74) is 6.85. The Morgan fingerprint density at radius 3 is 2.55 bits per heavy atom. The van der Waals surface area contributed by atoms with E-state index in [1.807, 2.05) is 31.3 Å². The minimum absolute atomic E-state index is 0.354. The Balaban J connectivity index is 2.25. The predicted octanol–water partition coefficient (Wildman–Crippen LogP) is 3.06. The van der Waals surface area contributed by atoms with Gasteiger partial charge in [0.15, 0.2) is 0 Å². The van der Waals surface area contributed by atoms with Crippen molar-refractivity contribution in [1.29, 1.82) is 0 Å². The first-order valence-corrected chi connectivity index (χ1v) is 6.90. The summed E-state index contributed by atoms with van der Waals surface area (Å²) in [6.07, 6.45) is 0. The van der Waals surface area contributed by atoms with E-state index in [-0.39, 0.29) is 0 Å². The molecule has 4 nitrogen and oxygen atoms in total. The third kappa shape index (κ3) is 3.59. The van der Waals surface area contributed by atoms with E-state index in [0.29, 0.717) is 17.1 Å². The molecule has 0 radical (unpaired) electrons. The van der Waals surface area contributed by atoms with Crippen molar-refractivity contribution in [3.63, 3.8) is 0 Å². The summed E-state index contributed by atoms with van der Waals surface area (Å²) in [6.45, 7) is 0.795. The van der Waals surface area contributed by atoms with Gasteiger partial charge in [-0.1, -0.05) is 28.1 Å². The van der Waals surface area contributed by atoms with E-state index in [0.717, 1.165) is 16.6 Å². The van der Waals surface area contributed by atoms with Crippen molar-refractivity contribution in [2.75, 3.05) is 7.05 Å². The van der Waals surface area contributed by atoms with Gasteiger partial charge in [0.1, 0.15) is 11.5 Å². The Morgan fingerprint density at radius 2 is 1.95 bits per heavy atom. The van der Waals surface area contributed by atoms with E-state index in [1.54, 1.807) is 18.2 Å². The molecule has 3 N–H and O–H groups in total. The minimum Gasteiger partial charge on any atom is -0.456 e. The summed E-state index contributed by atoms with van der Waals surface area (Å²) in [7, 11) is 1.89. The van der Waals surface area contributed by atoms with Gasteiger partial charge >= 0.3 is 0 Å². The highest BCUT2D eigenvalue weighted by Crippen LogP contribution is 2.28. The zero-order valence-electron chi connectivity index (χ0n) is 11.0. The molecule has 20 heavy (non-hydrogen) atoms. The molecule has 5 heteroatoms. The van der Waals surface area contributed by atoms with Gasteiger partial charge in [0.25, 0.3) is 5.91 Å². The van der Waals surface area contributed by atoms with E-state index < -0.39 is 5.91 Å². The second kappa shape index (κ2) is 6.54. The summed E-state index contributed by atoms with van der Waals surface area (Å²) >= 11 is 3.35. The second-order valence-electron chi connectivity index (χ2n) is 4.28. The van der Waals surface area contributed by atoms with Gasteiger partial charge in [-0.25, -0.2) is 0 Å². The summed E-state index contributed by atoms with van der Waals surface area (Å²) in [6, 6.07) is 12.8. The van der Waals surface area contributed by atoms with Crippen LogP contribution in [0.4, 0.5) is 0 Å². The maximum absolute atomic E-state index is 11.4. The average Bonchev–Trinajstić information content (AvgIpc) is 2.41. The number of ether oxygens (including phenoxy) is 1. The molecule has 2 aromatic rings. The molecule has 0 spiro atoms. The van der Waals surface area contributed by atoms with Gasteiger partial charge in [-0.3, -0.25) is 4.79 Å². The minimum atomic E-state index is -0.515. The number of nitrogens with one attached hydrogen (secondary N) is 1. The van der Waals surface area contributed by atoms with Crippen molar-refractivity contribution in [3.05, 3.63) is 58.1 Å². The molecule has 1 amide bonds. The number of nitrogens with two attached hydrogens (primary N) is 1. The number of hydrogen-bond acceptors (Lipinski definition) is 3. The van der Waals surface area contributed by atoms with Crippen molar-refractivity contribution < 1.29 is 9.53 Å². The molecule has 0 unspecified atom stereocenters. The van der Waals surface area contributed by atoms with Crippen LogP contribution in [0, 0.1) is 0 Å². The molecule has 0 aliphatic carbocycles. The third-order valence-corrected chi connectivity index (χ3v) is 3.23. The van der Waals surface area contributed by atoms with Crippen molar-refractivity contribution >= 4 is 21.8 Å². The van der Waals surface area contributed by atoms with Crippen LogP contribution in [0.5, 0.6) is 11.5 Å². The topological polar surface area (TPSA) is 64.3 Å². The van der Waals surface area contributed by atoms with E-state index >= 15 is 0 Å². The highest BCUT2D eigenvalue weighted by molar-refractivity contribution is 9.10. The maximum atomic E-state index is 11.4. The SMILES string of the molecule is CNCc1ccc(Oc2cc(Br)ccc2C(N)=O)cc1. The van der Waals surface area contributed by atoms with Gasteiger partial charge in [-0.05, 0) is 42.9 Å². The number of rotatable bonds is 5. The number of hydrogen-bond donors (Lipinski definition) is 2. The lowest BCUT2D eigenvalue weighted by Crippen LogP contribution is -2.12. The molecule has 0 aliphatic rings. The van der Waals surface area contributed by atoms with Crippen LogP contribution in [0.15, 0.2) is 46.9 Å². The van der Waals surface area contributed by atoms with E-state index in [2.05, 4.69) is 21.2 Å². The Labute approximate surface area is 126 Å². The average molecular weight is 335 g/mol. The number of primary amides is 1. The lowest BCUT2D eigenvalue weighted by atomic mass is 10.2. The zero-order chi connectivity index (χ0) is 14.5. The smallest absolute Gasteiger partial charge is 0.252 e. The normalized spacial score (nSPS) is 10.3. The number of benzene rings is 2. The van der Waals surface area contributed by atoms with E-state index in [9.17, 15) is 4.79 Å². The van der Waals surface area contributed by atoms with Gasteiger partial charge in [0, 0.05) is 11.0 Å². The first kappa shape index (κ1) is 14.6. The van der Waals surface area contributed by atoms with Gasteiger partial charge in [0.2, 0.25) is 0 Å². The molecular weight excluding hydrogens is 320 g/mol. The van der Waals surface area contributed by atoms with E-state index in [1.165, 1.54) is 0 Å². The Hall–Kier alpha value is -1.85. The first-order chi connectivity index (χ1) is 9.60. The van der Waals surface area contributed by atoms with Gasteiger partial charge in [0.05, 0.1) is 5.56 Å². The number of carbonyl (C=O) groups is 1. The van der Waals surface area contributed by atoms with Crippen molar-refractivity contribution in [2.24, 2.45) is 5.73 Å². The summed E-state index contributed by atoms with van der Waals surface area (Å²) in [5.74, 6) is 0.581. The third-order valence-electron chi connectivity index (χ3n) is 2.74. The van der Waals surface area contributed by atoms with Crippen LogP contribution in [-0.4, -0.2) is 13.0 Å². The molecule has 0 saturated heterocycles. The van der Waals surface area contributed by atoms with Crippen LogP contribution in [-0.2, 0) is 6.54 Å². The van der Waals surface area contributed by atoms with Crippen LogP contribution < -0.4 is 15.8 Å². The van der Waals surface area contributed by atoms with Crippen LogP contribution >= 0.6 is 15.9 Å². The first-order valence-electron chi connectivity index (χ1n) is 6.11. The van der Waals surface area contributed by atoms with Crippen LogP contribution in [0.3, 0.4) is 0 Å². The predicted molar refractivity (Wildman–Crippen MR) is 81.9 cm³/mol. The molecule has 2 aromatic carbocycles.